The van der Waals surface area contributed by atoms with Crippen molar-refractivity contribution in [1.82, 2.24) is 9.88 Å². The van der Waals surface area contributed by atoms with Crippen molar-refractivity contribution < 1.29 is 23.5 Å². The van der Waals surface area contributed by atoms with E-state index in [1.165, 1.54) is 0 Å². The number of fused-ring (bicyclic) bond motifs is 2. The molecule has 4 heterocycles. The molecule has 170 valence electrons. The summed E-state index contributed by atoms with van der Waals surface area (Å²) < 4.78 is 18.5. The Balaban J connectivity index is 1.46. The van der Waals surface area contributed by atoms with Crippen molar-refractivity contribution in [2.24, 2.45) is 0 Å². The Kier molecular flexibility index (Phi) is 4.50. The second-order valence-electron chi connectivity index (χ2n) is 9.07. The SMILES string of the molecule is C[C@]1(C(=O)NC2CCCC2)Cn2c(ccc2-c2ccco2)C(=O)N1c1ccc2c(c1)OCO2. The van der Waals surface area contributed by atoms with Crippen LogP contribution in [-0.4, -0.2) is 34.8 Å². The number of benzene rings is 1. The molecule has 2 amide bonds. The summed E-state index contributed by atoms with van der Waals surface area (Å²) in [6, 6.07) is 12.8. The first kappa shape index (κ1) is 20.0. The van der Waals surface area contributed by atoms with E-state index in [1.54, 1.807) is 35.4 Å². The van der Waals surface area contributed by atoms with Crippen LogP contribution in [0.4, 0.5) is 5.69 Å². The van der Waals surface area contributed by atoms with Crippen molar-refractivity contribution in [2.75, 3.05) is 11.7 Å². The summed E-state index contributed by atoms with van der Waals surface area (Å²) in [5.41, 5.74) is 0.722. The maximum Gasteiger partial charge on any atom is 0.275 e. The standard InChI is InChI=1S/C25H25N3O5/c1-25(24(30)26-16-5-2-3-6-16)14-27-18(20-7-4-12-31-20)9-10-19(27)23(29)28(25)17-8-11-21-22(13-17)33-15-32-21/h4,7-13,16H,2-3,5-6,14-15H2,1H3,(H,26,30)/t25-/m1/s1. The molecule has 3 aromatic rings. The number of carbonyl (C=O) groups excluding carboxylic acids is 2. The van der Waals surface area contributed by atoms with E-state index in [2.05, 4.69) is 5.32 Å². The first-order valence-corrected chi connectivity index (χ1v) is 11.3. The van der Waals surface area contributed by atoms with E-state index < -0.39 is 5.54 Å². The summed E-state index contributed by atoms with van der Waals surface area (Å²) in [6.07, 6.45) is 5.75. The number of ether oxygens (including phenoxy) is 2. The second-order valence-corrected chi connectivity index (χ2v) is 9.07. The van der Waals surface area contributed by atoms with Crippen molar-refractivity contribution in [1.29, 1.82) is 0 Å². The Morgan fingerprint density at radius 3 is 2.64 bits per heavy atom. The molecule has 1 aromatic carbocycles. The van der Waals surface area contributed by atoms with Crippen LogP contribution in [0.3, 0.4) is 0 Å². The van der Waals surface area contributed by atoms with Crippen LogP contribution in [0.1, 0.15) is 43.1 Å². The number of furan rings is 1. The van der Waals surface area contributed by atoms with Gasteiger partial charge in [-0.2, -0.15) is 0 Å². The lowest BCUT2D eigenvalue weighted by molar-refractivity contribution is -0.127. The average molecular weight is 447 g/mol. The normalized spacial score (nSPS) is 22.0. The zero-order valence-corrected chi connectivity index (χ0v) is 18.4. The number of amides is 2. The Bertz CT molecular complexity index is 1220. The van der Waals surface area contributed by atoms with Crippen LogP contribution in [0.15, 0.2) is 53.1 Å². The summed E-state index contributed by atoms with van der Waals surface area (Å²) in [5, 5.41) is 3.21. The van der Waals surface area contributed by atoms with Gasteiger partial charge in [-0.25, -0.2) is 0 Å². The summed E-state index contributed by atoms with van der Waals surface area (Å²) in [4.78, 5) is 29.2. The number of aromatic nitrogens is 1. The molecule has 2 aromatic heterocycles. The van der Waals surface area contributed by atoms with E-state index in [0.29, 0.717) is 35.2 Å². The molecule has 0 unspecified atom stereocenters. The molecule has 1 fully saturated rings. The van der Waals surface area contributed by atoms with Crippen LogP contribution in [0.5, 0.6) is 11.5 Å². The highest BCUT2D eigenvalue weighted by Gasteiger charge is 2.49. The van der Waals surface area contributed by atoms with Gasteiger partial charge >= 0.3 is 0 Å². The van der Waals surface area contributed by atoms with E-state index in [9.17, 15) is 9.59 Å². The molecule has 2 aliphatic heterocycles. The molecule has 8 nitrogen and oxygen atoms in total. The van der Waals surface area contributed by atoms with Gasteiger partial charge in [0.2, 0.25) is 12.7 Å². The van der Waals surface area contributed by atoms with Crippen LogP contribution in [0, 0.1) is 0 Å². The van der Waals surface area contributed by atoms with E-state index in [0.717, 1.165) is 31.4 Å². The maximum absolute atomic E-state index is 13.9. The summed E-state index contributed by atoms with van der Waals surface area (Å²) in [5.74, 6) is 1.44. The minimum absolute atomic E-state index is 0.138. The number of rotatable bonds is 4. The lowest BCUT2D eigenvalue weighted by Crippen LogP contribution is -2.65. The molecular formula is C25H25N3O5. The quantitative estimate of drug-likeness (QED) is 0.655. The fourth-order valence-electron chi connectivity index (χ4n) is 5.19. The Morgan fingerprint density at radius 2 is 1.85 bits per heavy atom. The summed E-state index contributed by atoms with van der Waals surface area (Å²) >= 11 is 0. The van der Waals surface area contributed by atoms with Gasteiger partial charge in [-0.15, -0.1) is 0 Å². The van der Waals surface area contributed by atoms with Gasteiger partial charge in [0.05, 0.1) is 18.5 Å². The highest BCUT2D eigenvalue weighted by atomic mass is 16.7. The molecule has 0 spiro atoms. The van der Waals surface area contributed by atoms with Gasteiger partial charge in [0, 0.05) is 17.8 Å². The van der Waals surface area contributed by atoms with Crippen LogP contribution >= 0.6 is 0 Å². The third-order valence-electron chi connectivity index (χ3n) is 6.93. The summed E-state index contributed by atoms with van der Waals surface area (Å²) in [6.45, 7) is 2.26. The number of nitrogens with zero attached hydrogens (tertiary/aromatic N) is 2. The fraction of sp³-hybridized carbons (Fsp3) is 0.360. The van der Waals surface area contributed by atoms with E-state index in [-0.39, 0.29) is 24.6 Å². The molecule has 0 saturated heterocycles. The first-order chi connectivity index (χ1) is 16.0. The van der Waals surface area contributed by atoms with Crippen LogP contribution in [0.25, 0.3) is 11.5 Å². The van der Waals surface area contributed by atoms with E-state index >= 15 is 0 Å². The molecule has 1 saturated carbocycles. The lowest BCUT2D eigenvalue weighted by Gasteiger charge is -2.44. The van der Waals surface area contributed by atoms with Crippen molar-refractivity contribution in [2.45, 2.75) is 50.7 Å². The van der Waals surface area contributed by atoms with E-state index in [4.69, 9.17) is 13.9 Å². The highest BCUT2D eigenvalue weighted by molar-refractivity contribution is 6.12. The van der Waals surface area contributed by atoms with Crippen LogP contribution in [-0.2, 0) is 11.3 Å². The molecule has 33 heavy (non-hydrogen) atoms. The van der Waals surface area contributed by atoms with Crippen LogP contribution in [0.2, 0.25) is 0 Å². The average Bonchev–Trinajstić information content (AvgIpc) is 3.59. The molecular weight excluding hydrogens is 422 g/mol. The third kappa shape index (κ3) is 3.12. The number of carbonyl (C=O) groups is 2. The smallest absolute Gasteiger partial charge is 0.275 e. The van der Waals surface area contributed by atoms with Gasteiger partial charge in [-0.3, -0.25) is 14.5 Å². The minimum atomic E-state index is -1.15. The number of nitrogens with one attached hydrogen (secondary N) is 1. The van der Waals surface area contributed by atoms with Gasteiger partial charge < -0.3 is 23.8 Å². The molecule has 0 bridgehead atoms. The highest BCUT2D eigenvalue weighted by Crippen LogP contribution is 2.41. The molecule has 8 heteroatoms. The van der Waals surface area contributed by atoms with Gasteiger partial charge in [0.25, 0.3) is 5.91 Å². The maximum atomic E-state index is 13.9. The van der Waals surface area contributed by atoms with Crippen molar-refractivity contribution in [3.8, 4) is 23.0 Å². The molecule has 1 atom stereocenters. The Morgan fingerprint density at radius 1 is 1.06 bits per heavy atom. The topological polar surface area (TPSA) is 85.9 Å². The molecule has 6 rings (SSSR count). The Labute approximate surface area is 191 Å². The van der Waals surface area contributed by atoms with Gasteiger partial charge in [0.1, 0.15) is 17.0 Å². The Hall–Kier alpha value is -3.68. The van der Waals surface area contributed by atoms with Crippen molar-refractivity contribution >= 4 is 17.5 Å². The van der Waals surface area contributed by atoms with Crippen LogP contribution < -0.4 is 19.7 Å². The predicted octanol–water partition coefficient (Wildman–Crippen LogP) is 3.95. The summed E-state index contributed by atoms with van der Waals surface area (Å²) in [7, 11) is 0. The second kappa shape index (κ2) is 7.43. The zero-order valence-electron chi connectivity index (χ0n) is 18.4. The fourth-order valence-corrected chi connectivity index (χ4v) is 5.19. The monoisotopic (exact) mass is 447 g/mol. The molecule has 1 aliphatic carbocycles. The van der Waals surface area contributed by atoms with E-state index in [1.807, 2.05) is 29.7 Å². The lowest BCUT2D eigenvalue weighted by atomic mass is 9.93. The third-order valence-corrected chi connectivity index (χ3v) is 6.93. The molecule has 1 N–H and O–H groups in total. The van der Waals surface area contributed by atoms with Crippen molar-refractivity contribution in [3.63, 3.8) is 0 Å². The van der Waals surface area contributed by atoms with Crippen molar-refractivity contribution in [3.05, 3.63) is 54.4 Å². The first-order valence-electron chi connectivity index (χ1n) is 11.3. The van der Waals surface area contributed by atoms with Gasteiger partial charge in [-0.1, -0.05) is 12.8 Å². The number of hydrogen-bond acceptors (Lipinski definition) is 5. The predicted molar refractivity (Wildman–Crippen MR) is 120 cm³/mol. The van der Waals surface area contributed by atoms with Gasteiger partial charge in [-0.05, 0) is 56.2 Å². The zero-order chi connectivity index (χ0) is 22.6. The van der Waals surface area contributed by atoms with Gasteiger partial charge in [0.15, 0.2) is 11.5 Å². The molecule has 0 radical (unpaired) electrons. The number of hydrogen-bond donors (Lipinski definition) is 1. The molecule has 3 aliphatic rings. The number of anilines is 1. The largest absolute Gasteiger partial charge is 0.463 e. The minimum Gasteiger partial charge on any atom is -0.463 e.